The molecule has 1 aromatic rings. The van der Waals surface area contributed by atoms with Crippen LogP contribution < -0.4 is 5.73 Å². The third kappa shape index (κ3) is 3.36. The minimum absolute atomic E-state index is 0.0322. The van der Waals surface area contributed by atoms with Crippen molar-refractivity contribution in [3.63, 3.8) is 0 Å². The summed E-state index contributed by atoms with van der Waals surface area (Å²) in [4.78, 5) is 14.4. The monoisotopic (exact) mass is 296 g/mol. The lowest BCUT2D eigenvalue weighted by Crippen LogP contribution is -2.42. The van der Waals surface area contributed by atoms with Crippen molar-refractivity contribution in [2.45, 2.75) is 32.3 Å². The zero-order valence-corrected chi connectivity index (χ0v) is 12.7. The first-order valence-corrected chi connectivity index (χ1v) is 7.41. The number of aryl methyl sites for hydroxylation is 2. The maximum atomic E-state index is 12.6. The molecule has 1 saturated heterocycles. The number of likely N-dealkylation sites (tertiary alicyclic amines) is 1. The minimum atomic E-state index is -0.0668. The number of aliphatic hydroxyl groups excluding tert-OH is 1. The molecule has 1 aromatic heterocycles. The van der Waals surface area contributed by atoms with E-state index < -0.39 is 0 Å². The van der Waals surface area contributed by atoms with E-state index in [4.69, 9.17) is 15.6 Å². The van der Waals surface area contributed by atoms with Gasteiger partial charge in [0.05, 0.1) is 30.7 Å². The van der Waals surface area contributed by atoms with E-state index in [1.54, 1.807) is 16.6 Å². The molecular weight excluding hydrogens is 272 g/mol. The molecule has 0 aliphatic carbocycles. The standard InChI is InChI=1S/C14H24N4O3/c1-3-11-12(15)13(17(2)16-11)14(20)18-6-4-10(5-7-18)21-9-8-19/h10,19H,3-9,15H2,1-2H3. The number of carbonyl (C=O) groups is 1. The van der Waals surface area contributed by atoms with Crippen molar-refractivity contribution in [2.75, 3.05) is 32.0 Å². The Morgan fingerprint density at radius 2 is 2.14 bits per heavy atom. The van der Waals surface area contributed by atoms with Crippen LogP contribution in [0.3, 0.4) is 0 Å². The van der Waals surface area contributed by atoms with Crippen LogP contribution in [0.1, 0.15) is 35.9 Å². The lowest BCUT2D eigenvalue weighted by atomic mass is 10.1. The Balaban J connectivity index is 2.01. The molecule has 3 N–H and O–H groups in total. The summed E-state index contributed by atoms with van der Waals surface area (Å²) in [5.41, 5.74) is 7.76. The van der Waals surface area contributed by atoms with Crippen molar-refractivity contribution in [1.29, 1.82) is 0 Å². The number of aliphatic hydroxyl groups is 1. The van der Waals surface area contributed by atoms with Gasteiger partial charge in [-0.15, -0.1) is 0 Å². The van der Waals surface area contributed by atoms with E-state index in [2.05, 4.69) is 5.10 Å². The second kappa shape index (κ2) is 6.91. The zero-order valence-electron chi connectivity index (χ0n) is 12.7. The van der Waals surface area contributed by atoms with Gasteiger partial charge >= 0.3 is 0 Å². The highest BCUT2D eigenvalue weighted by Crippen LogP contribution is 2.21. The lowest BCUT2D eigenvalue weighted by Gasteiger charge is -2.31. The second-order valence-electron chi connectivity index (χ2n) is 5.27. The molecule has 0 unspecified atom stereocenters. The van der Waals surface area contributed by atoms with Crippen molar-refractivity contribution in [3.8, 4) is 0 Å². The molecule has 7 heteroatoms. The largest absolute Gasteiger partial charge is 0.395 e. The van der Waals surface area contributed by atoms with Crippen molar-refractivity contribution in [1.82, 2.24) is 14.7 Å². The maximum Gasteiger partial charge on any atom is 0.274 e. The molecule has 0 aromatic carbocycles. The predicted molar refractivity (Wildman–Crippen MR) is 79.0 cm³/mol. The van der Waals surface area contributed by atoms with E-state index in [0.717, 1.165) is 18.5 Å². The predicted octanol–water partition coefficient (Wildman–Crippen LogP) is 0.178. The van der Waals surface area contributed by atoms with Gasteiger partial charge in [-0.25, -0.2) is 0 Å². The summed E-state index contributed by atoms with van der Waals surface area (Å²) in [5.74, 6) is -0.0668. The summed E-state index contributed by atoms with van der Waals surface area (Å²) in [6.45, 7) is 3.64. The first-order valence-electron chi connectivity index (χ1n) is 7.41. The van der Waals surface area contributed by atoms with E-state index in [9.17, 15) is 4.79 Å². The molecule has 0 saturated carbocycles. The fourth-order valence-corrected chi connectivity index (χ4v) is 2.71. The van der Waals surface area contributed by atoms with Crippen molar-refractivity contribution in [2.24, 2.45) is 7.05 Å². The van der Waals surface area contributed by atoms with Gasteiger partial charge in [-0.3, -0.25) is 9.48 Å². The van der Waals surface area contributed by atoms with Crippen LogP contribution in [0.15, 0.2) is 0 Å². The Morgan fingerprint density at radius 3 is 2.67 bits per heavy atom. The van der Waals surface area contributed by atoms with Crippen LogP contribution in [0.4, 0.5) is 5.69 Å². The van der Waals surface area contributed by atoms with Gasteiger partial charge in [0.1, 0.15) is 5.69 Å². The highest BCUT2D eigenvalue weighted by molar-refractivity contribution is 5.98. The van der Waals surface area contributed by atoms with Crippen LogP contribution >= 0.6 is 0 Å². The van der Waals surface area contributed by atoms with Gasteiger partial charge in [-0.1, -0.05) is 6.92 Å². The normalized spacial score (nSPS) is 16.4. The van der Waals surface area contributed by atoms with E-state index in [-0.39, 0.29) is 18.6 Å². The number of nitrogens with two attached hydrogens (primary N) is 1. The molecule has 21 heavy (non-hydrogen) atoms. The minimum Gasteiger partial charge on any atom is -0.395 e. The number of anilines is 1. The molecule has 7 nitrogen and oxygen atoms in total. The third-order valence-electron chi connectivity index (χ3n) is 3.87. The molecule has 0 bridgehead atoms. The molecule has 2 rings (SSSR count). The molecule has 118 valence electrons. The smallest absolute Gasteiger partial charge is 0.274 e. The van der Waals surface area contributed by atoms with Gasteiger partial charge in [0, 0.05) is 20.1 Å². The van der Waals surface area contributed by atoms with Gasteiger partial charge < -0.3 is 20.5 Å². The zero-order chi connectivity index (χ0) is 15.4. The number of ether oxygens (including phenoxy) is 1. The molecule has 1 amide bonds. The summed E-state index contributed by atoms with van der Waals surface area (Å²) in [7, 11) is 1.75. The fourth-order valence-electron chi connectivity index (χ4n) is 2.71. The molecule has 1 fully saturated rings. The Labute approximate surface area is 124 Å². The molecule has 1 aliphatic rings. The number of nitrogen functional groups attached to an aromatic ring is 1. The van der Waals surface area contributed by atoms with E-state index >= 15 is 0 Å². The van der Waals surface area contributed by atoms with Crippen LogP contribution in [0.5, 0.6) is 0 Å². The Kier molecular flexibility index (Phi) is 5.19. The average Bonchev–Trinajstić information content (AvgIpc) is 2.79. The van der Waals surface area contributed by atoms with Crippen LogP contribution in [-0.4, -0.2) is 58.1 Å². The molecule has 2 heterocycles. The summed E-state index contributed by atoms with van der Waals surface area (Å²) < 4.78 is 7.08. The molecule has 1 aliphatic heterocycles. The van der Waals surface area contributed by atoms with E-state index in [1.165, 1.54) is 0 Å². The summed E-state index contributed by atoms with van der Waals surface area (Å²) >= 11 is 0. The molecule has 0 radical (unpaired) electrons. The second-order valence-corrected chi connectivity index (χ2v) is 5.27. The average molecular weight is 296 g/mol. The first kappa shape index (κ1) is 15.8. The number of rotatable bonds is 5. The quantitative estimate of drug-likeness (QED) is 0.808. The topological polar surface area (TPSA) is 93.6 Å². The molecule has 0 atom stereocenters. The maximum absolute atomic E-state index is 12.6. The van der Waals surface area contributed by atoms with Gasteiger partial charge in [0.25, 0.3) is 5.91 Å². The molecule has 0 spiro atoms. The first-order chi connectivity index (χ1) is 10.1. The van der Waals surface area contributed by atoms with E-state index in [0.29, 0.717) is 37.5 Å². The van der Waals surface area contributed by atoms with Gasteiger partial charge in [0.2, 0.25) is 0 Å². The fraction of sp³-hybridized carbons (Fsp3) is 0.714. The highest BCUT2D eigenvalue weighted by Gasteiger charge is 2.28. The van der Waals surface area contributed by atoms with Crippen LogP contribution in [0.2, 0.25) is 0 Å². The number of hydrogen-bond donors (Lipinski definition) is 2. The summed E-state index contributed by atoms with van der Waals surface area (Å²) in [5, 5.41) is 13.1. The third-order valence-corrected chi connectivity index (χ3v) is 3.87. The van der Waals surface area contributed by atoms with Crippen LogP contribution in [-0.2, 0) is 18.2 Å². The number of amides is 1. The van der Waals surface area contributed by atoms with E-state index in [1.807, 2.05) is 6.92 Å². The number of hydrogen-bond acceptors (Lipinski definition) is 5. The number of piperidine rings is 1. The molecular formula is C14H24N4O3. The van der Waals surface area contributed by atoms with Crippen molar-refractivity contribution < 1.29 is 14.6 Å². The summed E-state index contributed by atoms with van der Waals surface area (Å²) in [6.07, 6.45) is 2.40. The Bertz CT molecular complexity index is 493. The highest BCUT2D eigenvalue weighted by atomic mass is 16.5. The van der Waals surface area contributed by atoms with Crippen molar-refractivity contribution >= 4 is 11.6 Å². The van der Waals surface area contributed by atoms with Crippen LogP contribution in [0, 0.1) is 0 Å². The van der Waals surface area contributed by atoms with Gasteiger partial charge in [0.15, 0.2) is 0 Å². The number of nitrogens with zero attached hydrogens (tertiary/aromatic N) is 3. The Morgan fingerprint density at radius 1 is 1.48 bits per heavy atom. The van der Waals surface area contributed by atoms with Crippen LogP contribution in [0.25, 0.3) is 0 Å². The Hall–Kier alpha value is -1.60. The van der Waals surface area contributed by atoms with Crippen molar-refractivity contribution in [3.05, 3.63) is 11.4 Å². The SMILES string of the molecule is CCc1nn(C)c(C(=O)N2CCC(OCCO)CC2)c1N. The summed E-state index contributed by atoms with van der Waals surface area (Å²) in [6, 6.07) is 0. The number of carbonyl (C=O) groups excluding carboxylic acids is 1. The number of aromatic nitrogens is 2. The van der Waals surface area contributed by atoms with Gasteiger partial charge in [-0.2, -0.15) is 5.10 Å². The van der Waals surface area contributed by atoms with Gasteiger partial charge in [-0.05, 0) is 19.3 Å². The lowest BCUT2D eigenvalue weighted by molar-refractivity contribution is -0.00571.